The molecule has 1 fully saturated rings. The Labute approximate surface area is 125 Å². The Morgan fingerprint density at radius 2 is 2.29 bits per heavy atom. The number of piperidine rings is 1. The van der Waals surface area contributed by atoms with Gasteiger partial charge >= 0.3 is 0 Å². The van der Waals surface area contributed by atoms with Crippen molar-refractivity contribution >= 4 is 11.4 Å². The molecule has 0 aliphatic carbocycles. The van der Waals surface area contributed by atoms with Crippen molar-refractivity contribution in [3.05, 3.63) is 28.3 Å². The summed E-state index contributed by atoms with van der Waals surface area (Å²) in [6.45, 7) is 6.11. The van der Waals surface area contributed by atoms with Crippen LogP contribution in [-0.2, 0) is 0 Å². The highest BCUT2D eigenvalue weighted by Gasteiger charge is 2.24. The number of rotatable bonds is 5. The zero-order chi connectivity index (χ0) is 15.4. The van der Waals surface area contributed by atoms with Crippen LogP contribution in [0.4, 0.5) is 11.4 Å². The summed E-state index contributed by atoms with van der Waals surface area (Å²) in [6, 6.07) is 5.10. The molecular formula is C15H23N3O3. The molecule has 0 aromatic heterocycles. The Balaban J connectivity index is 2.26. The van der Waals surface area contributed by atoms with Gasteiger partial charge in [0, 0.05) is 37.0 Å². The molecule has 1 heterocycles. The van der Waals surface area contributed by atoms with E-state index in [-0.39, 0.29) is 16.7 Å². The molecule has 0 saturated carbocycles. The van der Waals surface area contributed by atoms with E-state index < -0.39 is 0 Å². The topological polar surface area (TPSA) is 81.6 Å². The number of nitrogens with two attached hydrogens (primary N) is 1. The number of hydrogen-bond donors (Lipinski definition) is 1. The standard InChI is InChI=1S/C15H23N3O3/c1-3-21-15-8-13(7-14(9-15)18(19)20)17-6-4-5-12(10-17)11(2)16/h7-9,11-12H,3-6,10,16H2,1-2H3. The molecule has 2 rings (SSSR count). The SMILES string of the molecule is CCOc1cc(N2CCCC(C(C)N)C2)cc([N+](=O)[O-])c1. The second kappa shape index (κ2) is 6.76. The van der Waals surface area contributed by atoms with Crippen molar-refractivity contribution in [1.82, 2.24) is 0 Å². The van der Waals surface area contributed by atoms with Crippen molar-refractivity contribution in [3.63, 3.8) is 0 Å². The van der Waals surface area contributed by atoms with Gasteiger partial charge in [-0.3, -0.25) is 10.1 Å². The first kappa shape index (κ1) is 15.6. The Morgan fingerprint density at radius 3 is 2.90 bits per heavy atom. The largest absolute Gasteiger partial charge is 0.494 e. The van der Waals surface area contributed by atoms with Gasteiger partial charge in [-0.15, -0.1) is 0 Å². The minimum atomic E-state index is -0.376. The van der Waals surface area contributed by atoms with E-state index in [1.807, 2.05) is 19.9 Å². The average molecular weight is 293 g/mol. The Morgan fingerprint density at radius 1 is 1.52 bits per heavy atom. The average Bonchev–Trinajstić information content (AvgIpc) is 2.47. The monoisotopic (exact) mass is 293 g/mol. The predicted molar refractivity (Wildman–Crippen MR) is 82.9 cm³/mol. The van der Waals surface area contributed by atoms with Crippen molar-refractivity contribution in [2.45, 2.75) is 32.7 Å². The molecule has 116 valence electrons. The van der Waals surface area contributed by atoms with Crippen molar-refractivity contribution < 1.29 is 9.66 Å². The summed E-state index contributed by atoms with van der Waals surface area (Å²) in [7, 11) is 0. The Kier molecular flexibility index (Phi) is 5.01. The maximum absolute atomic E-state index is 11.1. The smallest absolute Gasteiger partial charge is 0.275 e. The third-order valence-electron chi connectivity index (χ3n) is 3.96. The van der Waals surface area contributed by atoms with Crippen LogP contribution in [0.3, 0.4) is 0 Å². The quantitative estimate of drug-likeness (QED) is 0.666. The van der Waals surface area contributed by atoms with E-state index in [0.717, 1.165) is 31.6 Å². The molecule has 2 atom stereocenters. The van der Waals surface area contributed by atoms with Gasteiger partial charge in [-0.05, 0) is 32.6 Å². The molecule has 21 heavy (non-hydrogen) atoms. The Hall–Kier alpha value is -1.82. The van der Waals surface area contributed by atoms with E-state index in [4.69, 9.17) is 10.5 Å². The highest BCUT2D eigenvalue weighted by Crippen LogP contribution is 2.31. The van der Waals surface area contributed by atoms with E-state index in [1.54, 1.807) is 6.07 Å². The number of benzene rings is 1. The van der Waals surface area contributed by atoms with Crippen LogP contribution in [0.25, 0.3) is 0 Å². The fraction of sp³-hybridized carbons (Fsp3) is 0.600. The van der Waals surface area contributed by atoms with Gasteiger partial charge in [0.25, 0.3) is 5.69 Å². The van der Waals surface area contributed by atoms with Crippen LogP contribution in [0, 0.1) is 16.0 Å². The minimum Gasteiger partial charge on any atom is -0.494 e. The second-order valence-corrected chi connectivity index (χ2v) is 5.58. The van der Waals surface area contributed by atoms with E-state index in [9.17, 15) is 10.1 Å². The molecule has 1 saturated heterocycles. The number of ether oxygens (including phenoxy) is 1. The molecule has 6 heteroatoms. The maximum Gasteiger partial charge on any atom is 0.275 e. The van der Waals surface area contributed by atoms with Crippen LogP contribution >= 0.6 is 0 Å². The molecule has 0 amide bonds. The lowest BCUT2D eigenvalue weighted by atomic mass is 9.92. The van der Waals surface area contributed by atoms with Crippen molar-refractivity contribution in [2.24, 2.45) is 11.7 Å². The predicted octanol–water partition coefficient (Wildman–Crippen LogP) is 2.56. The van der Waals surface area contributed by atoms with Gasteiger partial charge in [0.15, 0.2) is 0 Å². The summed E-state index contributed by atoms with van der Waals surface area (Å²) in [5, 5.41) is 11.1. The van der Waals surface area contributed by atoms with Gasteiger partial charge in [-0.25, -0.2) is 0 Å². The molecule has 1 aliphatic rings. The highest BCUT2D eigenvalue weighted by molar-refractivity contribution is 5.58. The summed E-state index contributed by atoms with van der Waals surface area (Å²) in [5.41, 5.74) is 6.92. The van der Waals surface area contributed by atoms with Gasteiger partial charge in [-0.2, -0.15) is 0 Å². The van der Waals surface area contributed by atoms with E-state index in [0.29, 0.717) is 18.3 Å². The Bertz CT molecular complexity index is 505. The summed E-state index contributed by atoms with van der Waals surface area (Å²) < 4.78 is 5.45. The lowest BCUT2D eigenvalue weighted by Crippen LogP contribution is -2.42. The molecule has 0 radical (unpaired) electrons. The zero-order valence-corrected chi connectivity index (χ0v) is 12.6. The third-order valence-corrected chi connectivity index (χ3v) is 3.96. The first-order chi connectivity index (χ1) is 10.0. The van der Waals surface area contributed by atoms with Gasteiger partial charge < -0.3 is 15.4 Å². The number of hydrogen-bond acceptors (Lipinski definition) is 5. The summed E-state index contributed by atoms with van der Waals surface area (Å²) in [5.74, 6) is 0.971. The number of nitro groups is 1. The highest BCUT2D eigenvalue weighted by atomic mass is 16.6. The van der Waals surface area contributed by atoms with Crippen LogP contribution in [0.2, 0.25) is 0 Å². The van der Waals surface area contributed by atoms with Crippen molar-refractivity contribution in [3.8, 4) is 5.75 Å². The minimum absolute atomic E-state index is 0.0684. The van der Waals surface area contributed by atoms with E-state index in [2.05, 4.69) is 4.90 Å². The van der Waals surface area contributed by atoms with Gasteiger partial charge in [0.2, 0.25) is 0 Å². The molecule has 0 spiro atoms. The lowest BCUT2D eigenvalue weighted by molar-refractivity contribution is -0.384. The van der Waals surface area contributed by atoms with Gasteiger partial charge in [0.1, 0.15) is 5.75 Å². The zero-order valence-electron chi connectivity index (χ0n) is 12.6. The first-order valence-corrected chi connectivity index (χ1v) is 7.44. The molecule has 6 nitrogen and oxygen atoms in total. The van der Waals surface area contributed by atoms with E-state index >= 15 is 0 Å². The molecule has 1 aromatic rings. The van der Waals surface area contributed by atoms with Crippen LogP contribution < -0.4 is 15.4 Å². The third kappa shape index (κ3) is 3.85. The first-order valence-electron chi connectivity index (χ1n) is 7.44. The second-order valence-electron chi connectivity index (χ2n) is 5.58. The molecule has 0 bridgehead atoms. The molecule has 1 aliphatic heterocycles. The fourth-order valence-corrected chi connectivity index (χ4v) is 2.78. The summed E-state index contributed by atoms with van der Waals surface area (Å²) in [6.07, 6.45) is 2.17. The number of anilines is 1. The molecule has 1 aromatic carbocycles. The summed E-state index contributed by atoms with van der Waals surface area (Å²) in [4.78, 5) is 12.9. The van der Waals surface area contributed by atoms with Gasteiger partial charge in [0.05, 0.1) is 17.6 Å². The van der Waals surface area contributed by atoms with Crippen molar-refractivity contribution in [2.75, 3.05) is 24.6 Å². The van der Waals surface area contributed by atoms with Crippen LogP contribution in [0.5, 0.6) is 5.75 Å². The molecule has 2 N–H and O–H groups in total. The number of non-ortho nitro benzene ring substituents is 1. The normalized spacial score (nSPS) is 20.1. The number of nitrogens with zero attached hydrogens (tertiary/aromatic N) is 2. The maximum atomic E-state index is 11.1. The lowest BCUT2D eigenvalue weighted by Gasteiger charge is -2.36. The number of nitro benzene ring substituents is 1. The summed E-state index contributed by atoms with van der Waals surface area (Å²) >= 11 is 0. The molecular weight excluding hydrogens is 270 g/mol. The van der Waals surface area contributed by atoms with Crippen LogP contribution in [0.1, 0.15) is 26.7 Å². The van der Waals surface area contributed by atoms with E-state index in [1.165, 1.54) is 6.07 Å². The molecule has 2 unspecified atom stereocenters. The fourth-order valence-electron chi connectivity index (χ4n) is 2.78. The van der Waals surface area contributed by atoms with Crippen LogP contribution in [0.15, 0.2) is 18.2 Å². The van der Waals surface area contributed by atoms with Gasteiger partial charge in [-0.1, -0.05) is 0 Å². The van der Waals surface area contributed by atoms with Crippen molar-refractivity contribution in [1.29, 1.82) is 0 Å². The van der Waals surface area contributed by atoms with Crippen LogP contribution in [-0.4, -0.2) is 30.7 Å².